The number of morpholine rings is 1. The van der Waals surface area contributed by atoms with Crippen molar-refractivity contribution in [3.63, 3.8) is 0 Å². The summed E-state index contributed by atoms with van der Waals surface area (Å²) in [6, 6.07) is 10.0. The Balaban J connectivity index is 0.00000380. The van der Waals surface area contributed by atoms with Crippen LogP contribution in [0, 0.1) is 0 Å². The molecule has 12 heteroatoms. The number of halogens is 1. The van der Waals surface area contributed by atoms with Gasteiger partial charge < -0.3 is 14.2 Å². The van der Waals surface area contributed by atoms with Crippen molar-refractivity contribution in [3.8, 4) is 11.5 Å². The molecule has 0 aliphatic carbocycles. The van der Waals surface area contributed by atoms with Gasteiger partial charge in [-0.05, 0) is 50.2 Å². The molecule has 1 saturated heterocycles. The van der Waals surface area contributed by atoms with Crippen LogP contribution in [0.25, 0.3) is 10.2 Å². The van der Waals surface area contributed by atoms with E-state index >= 15 is 0 Å². The highest BCUT2D eigenvalue weighted by Gasteiger charge is 2.24. The lowest BCUT2D eigenvalue weighted by Crippen LogP contribution is -2.43. The number of hydrogen-bond acceptors (Lipinski definition) is 9. The molecule has 0 saturated carbocycles. The van der Waals surface area contributed by atoms with E-state index in [2.05, 4.69) is 9.88 Å². The Morgan fingerprint density at radius 3 is 2.46 bits per heavy atom. The van der Waals surface area contributed by atoms with Gasteiger partial charge in [0.1, 0.15) is 0 Å². The molecule has 1 amide bonds. The molecule has 1 aliphatic heterocycles. The fourth-order valence-electron chi connectivity index (χ4n) is 3.93. The first-order valence-corrected chi connectivity index (χ1v) is 14.6. The average Bonchev–Trinajstić information content (AvgIpc) is 3.28. The number of hydrogen-bond donors (Lipinski definition) is 0. The molecule has 4 rings (SSSR count). The molecule has 1 aliphatic rings. The Kier molecular flexibility index (Phi) is 10.1. The summed E-state index contributed by atoms with van der Waals surface area (Å²) in [5, 5.41) is 0.515. The summed E-state index contributed by atoms with van der Waals surface area (Å²) in [4.78, 5) is 22.6. The Morgan fingerprint density at radius 1 is 1.08 bits per heavy atom. The van der Waals surface area contributed by atoms with E-state index in [1.807, 2.05) is 13.8 Å². The van der Waals surface area contributed by atoms with E-state index in [0.717, 1.165) is 13.1 Å². The Bertz CT molecular complexity index is 1330. The monoisotopic (exact) mass is 569 g/mol. The fourth-order valence-corrected chi connectivity index (χ4v) is 5.68. The Labute approximate surface area is 227 Å². The van der Waals surface area contributed by atoms with Crippen molar-refractivity contribution in [1.82, 2.24) is 9.88 Å². The molecular formula is C25H32ClN3O6S2. The summed E-state index contributed by atoms with van der Waals surface area (Å²) in [6.07, 6.45) is 1.18. The molecule has 0 spiro atoms. The minimum atomic E-state index is -3.35. The highest BCUT2D eigenvalue weighted by Crippen LogP contribution is 2.33. The molecule has 0 atom stereocenters. The molecule has 0 unspecified atom stereocenters. The van der Waals surface area contributed by atoms with Crippen LogP contribution in [0.15, 0.2) is 41.3 Å². The number of fused-ring (bicyclic) bond motifs is 1. The first-order chi connectivity index (χ1) is 17.3. The van der Waals surface area contributed by atoms with Crippen LogP contribution in [0.5, 0.6) is 11.5 Å². The molecule has 2 aromatic carbocycles. The first kappa shape index (κ1) is 29.1. The summed E-state index contributed by atoms with van der Waals surface area (Å²) in [6.45, 7) is 8.73. The highest BCUT2D eigenvalue weighted by atomic mass is 35.5. The number of rotatable bonds is 10. The molecule has 37 heavy (non-hydrogen) atoms. The quantitative estimate of drug-likeness (QED) is 0.363. The number of anilines is 1. The predicted octanol–water partition coefficient (Wildman–Crippen LogP) is 3.90. The van der Waals surface area contributed by atoms with Gasteiger partial charge in [-0.1, -0.05) is 11.3 Å². The van der Waals surface area contributed by atoms with Crippen molar-refractivity contribution in [3.05, 3.63) is 42.0 Å². The Morgan fingerprint density at radius 2 is 1.78 bits per heavy atom. The van der Waals surface area contributed by atoms with Gasteiger partial charge >= 0.3 is 0 Å². The standard InChI is InChI=1S/C25H31N3O6S2.ClH/c1-4-33-21-9-6-18(16-22(21)34-5-2)24(29)28(11-10-27-12-14-32-15-13-27)25-26-20-8-7-19(36(3,30)31)17-23(20)35-25;/h6-9,16-17H,4-5,10-15H2,1-3H3;1H. The van der Waals surface area contributed by atoms with Crippen molar-refractivity contribution >= 4 is 54.8 Å². The maximum Gasteiger partial charge on any atom is 0.260 e. The fraction of sp³-hybridized carbons (Fsp3) is 0.440. The lowest BCUT2D eigenvalue weighted by molar-refractivity contribution is 0.0391. The number of thiazole rings is 1. The summed E-state index contributed by atoms with van der Waals surface area (Å²) < 4.78 is 41.6. The molecule has 1 aromatic heterocycles. The zero-order valence-corrected chi connectivity index (χ0v) is 23.6. The molecule has 0 radical (unpaired) electrons. The number of carbonyl (C=O) groups is 1. The van der Waals surface area contributed by atoms with E-state index in [-0.39, 0.29) is 23.2 Å². The number of carbonyl (C=O) groups excluding carboxylic acids is 1. The minimum absolute atomic E-state index is 0. The van der Waals surface area contributed by atoms with Crippen molar-refractivity contribution < 1.29 is 27.4 Å². The predicted molar refractivity (Wildman–Crippen MR) is 148 cm³/mol. The van der Waals surface area contributed by atoms with E-state index in [1.54, 1.807) is 41.3 Å². The molecule has 202 valence electrons. The molecule has 0 bridgehead atoms. The number of amides is 1. The molecule has 2 heterocycles. The zero-order chi connectivity index (χ0) is 25.7. The van der Waals surface area contributed by atoms with Crippen LogP contribution in [-0.4, -0.2) is 83.1 Å². The summed E-state index contributed by atoms with van der Waals surface area (Å²) in [5.41, 5.74) is 1.10. The third-order valence-electron chi connectivity index (χ3n) is 5.79. The first-order valence-electron chi connectivity index (χ1n) is 11.9. The van der Waals surface area contributed by atoms with Gasteiger partial charge in [-0.2, -0.15) is 0 Å². The number of sulfone groups is 1. The van der Waals surface area contributed by atoms with E-state index in [4.69, 9.17) is 14.2 Å². The second kappa shape index (κ2) is 12.9. The van der Waals surface area contributed by atoms with Gasteiger partial charge in [-0.25, -0.2) is 13.4 Å². The van der Waals surface area contributed by atoms with Gasteiger partial charge in [0.15, 0.2) is 26.5 Å². The third kappa shape index (κ3) is 7.11. The molecule has 1 fully saturated rings. The van der Waals surface area contributed by atoms with E-state index < -0.39 is 9.84 Å². The third-order valence-corrected chi connectivity index (χ3v) is 7.94. The van der Waals surface area contributed by atoms with Crippen molar-refractivity contribution in [2.75, 3.05) is 63.8 Å². The van der Waals surface area contributed by atoms with Crippen LogP contribution in [0.4, 0.5) is 5.13 Å². The van der Waals surface area contributed by atoms with Crippen molar-refractivity contribution in [2.24, 2.45) is 0 Å². The lowest BCUT2D eigenvalue weighted by Gasteiger charge is -2.29. The second-order valence-corrected chi connectivity index (χ2v) is 11.4. The number of aromatic nitrogens is 1. The number of benzene rings is 2. The summed E-state index contributed by atoms with van der Waals surface area (Å²) in [5.74, 6) is 0.888. The lowest BCUT2D eigenvalue weighted by atomic mass is 10.1. The molecule has 0 N–H and O–H groups in total. The van der Waals surface area contributed by atoms with E-state index in [0.29, 0.717) is 71.9 Å². The van der Waals surface area contributed by atoms with Gasteiger partial charge in [0, 0.05) is 38.0 Å². The van der Waals surface area contributed by atoms with Crippen LogP contribution in [0.1, 0.15) is 24.2 Å². The SMILES string of the molecule is CCOc1ccc(C(=O)N(CCN2CCOCC2)c2nc3ccc(S(C)(=O)=O)cc3s2)cc1OCC.Cl. The molecule has 3 aromatic rings. The average molecular weight is 570 g/mol. The van der Waals surface area contributed by atoms with Gasteiger partial charge in [0.2, 0.25) is 0 Å². The Hall–Kier alpha value is -2.44. The van der Waals surface area contributed by atoms with Gasteiger partial charge in [-0.3, -0.25) is 14.6 Å². The van der Waals surface area contributed by atoms with Gasteiger partial charge in [0.25, 0.3) is 5.91 Å². The van der Waals surface area contributed by atoms with E-state index in [1.165, 1.54) is 17.6 Å². The number of ether oxygens (including phenoxy) is 3. The van der Waals surface area contributed by atoms with Crippen molar-refractivity contribution in [2.45, 2.75) is 18.7 Å². The zero-order valence-electron chi connectivity index (χ0n) is 21.1. The van der Waals surface area contributed by atoms with E-state index in [9.17, 15) is 13.2 Å². The second-order valence-electron chi connectivity index (χ2n) is 8.34. The summed E-state index contributed by atoms with van der Waals surface area (Å²) >= 11 is 1.30. The molecular weight excluding hydrogens is 538 g/mol. The smallest absolute Gasteiger partial charge is 0.260 e. The topological polar surface area (TPSA) is 98.3 Å². The van der Waals surface area contributed by atoms with Crippen LogP contribution >= 0.6 is 23.7 Å². The maximum absolute atomic E-state index is 13.8. The normalized spacial score (nSPS) is 14.2. The van der Waals surface area contributed by atoms with Crippen LogP contribution in [-0.2, 0) is 14.6 Å². The van der Waals surface area contributed by atoms with Crippen molar-refractivity contribution in [1.29, 1.82) is 0 Å². The van der Waals surface area contributed by atoms with Crippen LogP contribution in [0.3, 0.4) is 0 Å². The van der Waals surface area contributed by atoms with Gasteiger partial charge in [-0.15, -0.1) is 12.4 Å². The largest absolute Gasteiger partial charge is 0.490 e. The van der Waals surface area contributed by atoms with Gasteiger partial charge in [0.05, 0.1) is 41.5 Å². The summed E-state index contributed by atoms with van der Waals surface area (Å²) in [7, 11) is -3.35. The molecule has 9 nitrogen and oxygen atoms in total. The maximum atomic E-state index is 13.8. The van der Waals surface area contributed by atoms with Crippen LogP contribution in [0.2, 0.25) is 0 Å². The number of nitrogens with zero attached hydrogens (tertiary/aromatic N) is 3. The van der Waals surface area contributed by atoms with Crippen LogP contribution < -0.4 is 14.4 Å². The minimum Gasteiger partial charge on any atom is -0.490 e. The highest BCUT2D eigenvalue weighted by molar-refractivity contribution is 7.90.